The van der Waals surface area contributed by atoms with Crippen molar-refractivity contribution in [3.05, 3.63) is 22.8 Å². The number of fused-ring (bicyclic) bond motifs is 2. The highest BCUT2D eigenvalue weighted by Gasteiger charge is 2.50. The van der Waals surface area contributed by atoms with Crippen LogP contribution in [0.1, 0.15) is 59.8 Å². The molecule has 1 fully saturated rings. The molecule has 0 radical (unpaired) electrons. The zero-order valence-electron chi connectivity index (χ0n) is 16.3. The van der Waals surface area contributed by atoms with Crippen LogP contribution >= 0.6 is 0 Å². The van der Waals surface area contributed by atoms with Crippen LogP contribution in [0.2, 0.25) is 0 Å². The Morgan fingerprint density at radius 1 is 1.32 bits per heavy atom. The number of methoxy groups -OCH3 is 1. The smallest absolute Gasteiger partial charge is 0.109 e. The van der Waals surface area contributed by atoms with Gasteiger partial charge in [-0.1, -0.05) is 25.5 Å². The van der Waals surface area contributed by atoms with Crippen molar-refractivity contribution >= 4 is 0 Å². The molecule has 0 aromatic rings. The van der Waals surface area contributed by atoms with E-state index in [-0.39, 0.29) is 17.3 Å². The number of aliphatic hydroxyl groups is 3. The number of allylic oxidation sites excluding steroid dienone is 1. The van der Waals surface area contributed by atoms with E-state index >= 15 is 0 Å². The Balaban J connectivity index is 2.15. The van der Waals surface area contributed by atoms with Gasteiger partial charge in [0.15, 0.2) is 0 Å². The lowest BCUT2D eigenvalue weighted by atomic mass is 9.69. The maximum Gasteiger partial charge on any atom is 0.109 e. The molecule has 0 unspecified atom stereocenters. The van der Waals surface area contributed by atoms with Crippen LogP contribution in [0.15, 0.2) is 22.8 Å². The summed E-state index contributed by atoms with van der Waals surface area (Å²) in [5.74, 6) is 0.276. The molecule has 0 saturated heterocycles. The summed E-state index contributed by atoms with van der Waals surface area (Å²) in [6, 6.07) is 0. The molecule has 4 nitrogen and oxygen atoms in total. The lowest BCUT2D eigenvalue weighted by Crippen LogP contribution is -2.39. The number of ether oxygens (including phenoxy) is 1. The molecule has 0 aromatic carbocycles. The Morgan fingerprint density at radius 2 is 2.00 bits per heavy atom. The third-order valence-electron chi connectivity index (χ3n) is 7.00. The van der Waals surface area contributed by atoms with Gasteiger partial charge in [-0.15, -0.1) is 0 Å². The number of rotatable bonds is 3. The predicted molar refractivity (Wildman–Crippen MR) is 98.1 cm³/mol. The van der Waals surface area contributed by atoms with Crippen molar-refractivity contribution in [3.63, 3.8) is 0 Å². The second-order valence-corrected chi connectivity index (χ2v) is 9.27. The van der Waals surface area contributed by atoms with Gasteiger partial charge in [-0.3, -0.25) is 0 Å². The van der Waals surface area contributed by atoms with Gasteiger partial charge >= 0.3 is 0 Å². The van der Waals surface area contributed by atoms with Gasteiger partial charge < -0.3 is 20.1 Å². The normalized spacial score (nSPS) is 41.9. The van der Waals surface area contributed by atoms with E-state index in [0.717, 1.165) is 36.0 Å². The zero-order chi connectivity index (χ0) is 18.6. The second kappa shape index (κ2) is 6.19. The molecular formula is C21H34O4. The third-order valence-corrected chi connectivity index (χ3v) is 7.00. The average Bonchev–Trinajstić information content (AvgIpc) is 2.97. The monoisotopic (exact) mass is 350 g/mol. The lowest BCUT2D eigenvalue weighted by Gasteiger charge is -2.39. The summed E-state index contributed by atoms with van der Waals surface area (Å²) < 4.78 is 5.33. The first-order valence-electron chi connectivity index (χ1n) is 9.60. The molecule has 0 amide bonds. The van der Waals surface area contributed by atoms with E-state index < -0.39 is 17.3 Å². The first kappa shape index (κ1) is 19.1. The van der Waals surface area contributed by atoms with E-state index in [1.165, 1.54) is 0 Å². The van der Waals surface area contributed by atoms with Gasteiger partial charge in [0.25, 0.3) is 0 Å². The Hall–Kier alpha value is -0.680. The van der Waals surface area contributed by atoms with Crippen molar-refractivity contribution in [2.24, 2.45) is 17.3 Å². The molecule has 25 heavy (non-hydrogen) atoms. The van der Waals surface area contributed by atoms with Crippen LogP contribution in [0.5, 0.6) is 0 Å². The zero-order valence-corrected chi connectivity index (χ0v) is 16.3. The highest BCUT2D eigenvalue weighted by atomic mass is 16.5. The van der Waals surface area contributed by atoms with Crippen molar-refractivity contribution in [3.8, 4) is 0 Å². The summed E-state index contributed by atoms with van der Waals surface area (Å²) in [4.78, 5) is 0. The number of hydrogen-bond acceptors (Lipinski definition) is 4. The topological polar surface area (TPSA) is 69.9 Å². The molecule has 0 heterocycles. The summed E-state index contributed by atoms with van der Waals surface area (Å²) in [6.07, 6.45) is 5.75. The van der Waals surface area contributed by atoms with E-state index in [1.807, 2.05) is 13.8 Å². The molecule has 4 heteroatoms. The fraction of sp³-hybridized carbons (Fsp3) is 0.810. The summed E-state index contributed by atoms with van der Waals surface area (Å²) >= 11 is 0. The molecule has 0 bridgehead atoms. The Bertz CT molecular complexity index is 600. The highest BCUT2D eigenvalue weighted by Crippen LogP contribution is 2.55. The maximum atomic E-state index is 11.2. The van der Waals surface area contributed by atoms with Crippen molar-refractivity contribution in [1.29, 1.82) is 0 Å². The fourth-order valence-electron chi connectivity index (χ4n) is 5.45. The quantitative estimate of drug-likeness (QED) is 0.685. The molecule has 3 aliphatic rings. The minimum Gasteiger partial charge on any atom is -0.392 e. The van der Waals surface area contributed by atoms with Crippen LogP contribution in [-0.4, -0.2) is 46.3 Å². The largest absolute Gasteiger partial charge is 0.392 e. The van der Waals surface area contributed by atoms with Gasteiger partial charge in [0, 0.05) is 12.5 Å². The summed E-state index contributed by atoms with van der Waals surface area (Å²) in [5.41, 5.74) is 1.25. The van der Waals surface area contributed by atoms with Crippen molar-refractivity contribution < 1.29 is 20.1 Å². The molecule has 0 spiro atoms. The molecule has 3 rings (SSSR count). The molecule has 3 aliphatic carbocycles. The predicted octanol–water partition coefficient (Wildman–Crippen LogP) is 2.97. The van der Waals surface area contributed by atoms with Crippen LogP contribution in [0.25, 0.3) is 0 Å². The van der Waals surface area contributed by atoms with Gasteiger partial charge in [0.1, 0.15) is 5.60 Å². The van der Waals surface area contributed by atoms with Gasteiger partial charge in [0.05, 0.1) is 18.3 Å². The maximum absolute atomic E-state index is 11.2. The van der Waals surface area contributed by atoms with E-state index in [1.54, 1.807) is 7.11 Å². The summed E-state index contributed by atoms with van der Waals surface area (Å²) in [7, 11) is 1.63. The minimum absolute atomic E-state index is 0.0813. The molecule has 0 aliphatic heterocycles. The van der Waals surface area contributed by atoms with Crippen molar-refractivity contribution in [2.45, 2.75) is 77.1 Å². The molecule has 142 valence electrons. The minimum atomic E-state index is -0.934. The average molecular weight is 350 g/mol. The van der Waals surface area contributed by atoms with Crippen LogP contribution < -0.4 is 0 Å². The second-order valence-electron chi connectivity index (χ2n) is 9.27. The Labute approximate surface area is 151 Å². The Kier molecular flexibility index (Phi) is 4.73. The number of aliphatic hydroxyl groups excluding tert-OH is 1. The van der Waals surface area contributed by atoms with Crippen LogP contribution in [0.4, 0.5) is 0 Å². The SMILES string of the molecule is COC[C@@]1(O)CC[C@@H]2C1=C[C@@]1(C)CCC(C(C)(C)O)=C1C[C@H](O)[C@@H]2C. The van der Waals surface area contributed by atoms with Crippen LogP contribution in [0, 0.1) is 17.3 Å². The summed E-state index contributed by atoms with van der Waals surface area (Å²) in [5, 5.41) is 32.8. The van der Waals surface area contributed by atoms with E-state index in [9.17, 15) is 15.3 Å². The summed E-state index contributed by atoms with van der Waals surface area (Å²) in [6.45, 7) is 8.25. The van der Waals surface area contributed by atoms with Gasteiger partial charge in [-0.2, -0.15) is 0 Å². The molecular weight excluding hydrogens is 316 g/mol. The van der Waals surface area contributed by atoms with E-state index in [4.69, 9.17) is 4.74 Å². The van der Waals surface area contributed by atoms with Gasteiger partial charge in [-0.05, 0) is 68.9 Å². The fourth-order valence-corrected chi connectivity index (χ4v) is 5.45. The van der Waals surface area contributed by atoms with Crippen LogP contribution in [0.3, 0.4) is 0 Å². The first-order chi connectivity index (χ1) is 11.5. The standard InChI is InChI=1S/C21H34O4/c1-13-14-6-9-21(24,12-25-5)17(14)11-20(4)8-7-15(19(2,3)23)16(20)10-18(13)22/h11,13-14,18,22-24H,6-10,12H2,1-5H3/t13-,14+,18+,20-,21+/m1/s1. The first-order valence-corrected chi connectivity index (χ1v) is 9.60. The van der Waals surface area contributed by atoms with Crippen molar-refractivity contribution in [1.82, 2.24) is 0 Å². The number of hydrogen-bond donors (Lipinski definition) is 3. The van der Waals surface area contributed by atoms with Gasteiger partial charge in [0.2, 0.25) is 0 Å². The highest BCUT2D eigenvalue weighted by molar-refractivity contribution is 5.42. The molecule has 5 atom stereocenters. The van der Waals surface area contributed by atoms with Crippen LogP contribution in [-0.2, 0) is 4.74 Å². The van der Waals surface area contributed by atoms with Gasteiger partial charge in [-0.25, -0.2) is 0 Å². The Morgan fingerprint density at radius 3 is 2.60 bits per heavy atom. The van der Waals surface area contributed by atoms with E-state index in [0.29, 0.717) is 19.4 Å². The molecule has 1 saturated carbocycles. The van der Waals surface area contributed by atoms with E-state index in [2.05, 4.69) is 19.9 Å². The third kappa shape index (κ3) is 3.12. The van der Waals surface area contributed by atoms with Crippen molar-refractivity contribution in [2.75, 3.05) is 13.7 Å². The lowest BCUT2D eigenvalue weighted by molar-refractivity contribution is -0.00114. The molecule has 3 N–H and O–H groups in total. The molecule has 0 aromatic heterocycles.